The summed E-state index contributed by atoms with van der Waals surface area (Å²) in [5.74, 6) is 0.135. The maximum Gasteiger partial charge on any atom is 0.310 e. The Morgan fingerprint density at radius 1 is 1.10 bits per heavy atom. The molecule has 2 aliphatic rings. The number of hydrogen-bond donors (Lipinski definition) is 1. The van der Waals surface area contributed by atoms with Crippen molar-refractivity contribution in [1.82, 2.24) is 4.90 Å². The van der Waals surface area contributed by atoms with E-state index in [9.17, 15) is 9.90 Å². The molecule has 0 amide bonds. The van der Waals surface area contributed by atoms with Crippen LogP contribution < -0.4 is 0 Å². The fourth-order valence-electron chi connectivity index (χ4n) is 4.06. The molecule has 1 N–H and O–H groups in total. The second-order valence-corrected chi connectivity index (χ2v) is 7.33. The minimum absolute atomic E-state index is 0.479. The number of aliphatic carboxylic acids is 1. The molecular weight excluding hydrogens is 250 g/mol. The van der Waals surface area contributed by atoms with E-state index in [0.717, 1.165) is 32.2 Å². The molecule has 0 heterocycles. The Bertz CT molecular complexity index is 313. The Morgan fingerprint density at radius 2 is 1.65 bits per heavy atom. The van der Waals surface area contributed by atoms with Gasteiger partial charge in [-0.15, -0.1) is 0 Å². The molecule has 0 bridgehead atoms. The minimum atomic E-state index is -0.565. The number of hydrogen-bond acceptors (Lipinski definition) is 2. The zero-order valence-electron chi connectivity index (χ0n) is 13.2. The highest BCUT2D eigenvalue weighted by atomic mass is 16.4. The smallest absolute Gasteiger partial charge is 0.310 e. The highest BCUT2D eigenvalue weighted by molar-refractivity contribution is 5.75. The van der Waals surface area contributed by atoms with Crippen LogP contribution in [0.15, 0.2) is 0 Å². The molecule has 0 radical (unpaired) electrons. The van der Waals surface area contributed by atoms with Gasteiger partial charge in [0.15, 0.2) is 0 Å². The summed E-state index contributed by atoms with van der Waals surface area (Å²) in [5.41, 5.74) is -0.479. The first-order valence-corrected chi connectivity index (χ1v) is 8.47. The second-order valence-electron chi connectivity index (χ2n) is 7.33. The van der Waals surface area contributed by atoms with Gasteiger partial charge < -0.3 is 10.0 Å². The Hall–Kier alpha value is -0.570. The van der Waals surface area contributed by atoms with Crippen molar-refractivity contribution in [2.24, 2.45) is 11.3 Å². The van der Waals surface area contributed by atoms with Crippen LogP contribution in [0.25, 0.3) is 0 Å². The molecule has 3 heteroatoms. The zero-order chi connectivity index (χ0) is 14.6. The van der Waals surface area contributed by atoms with Crippen molar-refractivity contribution in [2.45, 2.75) is 77.2 Å². The first-order valence-electron chi connectivity index (χ1n) is 8.47. The Morgan fingerprint density at radius 3 is 2.15 bits per heavy atom. The van der Waals surface area contributed by atoms with Gasteiger partial charge in [-0.2, -0.15) is 0 Å². The molecule has 0 spiro atoms. The molecule has 3 nitrogen and oxygen atoms in total. The zero-order valence-corrected chi connectivity index (χ0v) is 13.2. The average molecular weight is 281 g/mol. The fourth-order valence-corrected chi connectivity index (χ4v) is 4.06. The molecule has 0 aromatic carbocycles. The van der Waals surface area contributed by atoms with Crippen LogP contribution in [0.2, 0.25) is 0 Å². The van der Waals surface area contributed by atoms with Crippen LogP contribution in [0.5, 0.6) is 0 Å². The van der Waals surface area contributed by atoms with Gasteiger partial charge in [0.05, 0.1) is 5.41 Å². The molecule has 2 fully saturated rings. The normalized spacial score (nSPS) is 33.0. The topological polar surface area (TPSA) is 40.5 Å². The lowest BCUT2D eigenvalue weighted by Gasteiger charge is -2.40. The Kier molecular flexibility index (Phi) is 5.48. The van der Waals surface area contributed by atoms with E-state index in [2.05, 4.69) is 18.9 Å². The minimum Gasteiger partial charge on any atom is -0.481 e. The summed E-state index contributed by atoms with van der Waals surface area (Å²) in [6.45, 7) is 3.00. The van der Waals surface area contributed by atoms with Gasteiger partial charge in [0.1, 0.15) is 0 Å². The van der Waals surface area contributed by atoms with Gasteiger partial charge in [0.25, 0.3) is 0 Å². The van der Waals surface area contributed by atoms with Gasteiger partial charge in [-0.05, 0) is 51.5 Å². The maximum absolute atomic E-state index is 11.8. The van der Waals surface area contributed by atoms with E-state index in [1.54, 1.807) is 0 Å². The first kappa shape index (κ1) is 15.8. The molecule has 2 rings (SSSR count). The molecule has 0 unspecified atom stereocenters. The summed E-state index contributed by atoms with van der Waals surface area (Å²) in [4.78, 5) is 14.2. The largest absolute Gasteiger partial charge is 0.481 e. The third-order valence-electron chi connectivity index (χ3n) is 5.69. The lowest BCUT2D eigenvalue weighted by atomic mass is 9.70. The van der Waals surface area contributed by atoms with Crippen LogP contribution >= 0.6 is 0 Å². The van der Waals surface area contributed by atoms with Crippen LogP contribution in [-0.2, 0) is 4.79 Å². The SMILES string of the molecule is CC1CCC(CN(C)C2CCCCCC2)(C(=O)O)CC1. The van der Waals surface area contributed by atoms with Crippen molar-refractivity contribution >= 4 is 5.97 Å². The fraction of sp³-hybridized carbons (Fsp3) is 0.941. The maximum atomic E-state index is 11.8. The number of rotatable bonds is 4. The predicted octanol–water partition coefficient (Wildman–Crippen LogP) is 3.92. The molecular formula is C17H31NO2. The Labute approximate surface area is 123 Å². The van der Waals surface area contributed by atoms with Gasteiger partial charge >= 0.3 is 5.97 Å². The van der Waals surface area contributed by atoms with E-state index in [-0.39, 0.29) is 0 Å². The van der Waals surface area contributed by atoms with Crippen LogP contribution in [0.4, 0.5) is 0 Å². The van der Waals surface area contributed by atoms with E-state index in [0.29, 0.717) is 12.0 Å². The van der Waals surface area contributed by atoms with Crippen molar-refractivity contribution < 1.29 is 9.90 Å². The summed E-state index contributed by atoms with van der Waals surface area (Å²) < 4.78 is 0. The standard InChI is InChI=1S/C17H31NO2/c1-14-9-11-17(12-10-14,16(19)20)13-18(2)15-7-5-3-4-6-8-15/h14-15H,3-13H2,1-2H3,(H,19,20). The first-order chi connectivity index (χ1) is 9.53. The molecule has 0 aromatic rings. The molecule has 2 saturated carbocycles. The molecule has 0 aromatic heterocycles. The second kappa shape index (κ2) is 6.93. The summed E-state index contributed by atoms with van der Waals surface area (Å²) in [6.07, 6.45) is 11.7. The summed E-state index contributed by atoms with van der Waals surface area (Å²) in [6, 6.07) is 0.605. The summed E-state index contributed by atoms with van der Waals surface area (Å²) in [7, 11) is 2.15. The van der Waals surface area contributed by atoms with Gasteiger partial charge in [-0.1, -0.05) is 32.6 Å². The van der Waals surface area contributed by atoms with Crippen LogP contribution in [0, 0.1) is 11.3 Å². The van der Waals surface area contributed by atoms with Crippen molar-refractivity contribution in [3.05, 3.63) is 0 Å². The molecule has 116 valence electrons. The third-order valence-corrected chi connectivity index (χ3v) is 5.69. The van der Waals surface area contributed by atoms with Gasteiger partial charge in [0.2, 0.25) is 0 Å². The van der Waals surface area contributed by atoms with E-state index in [1.165, 1.54) is 38.5 Å². The van der Waals surface area contributed by atoms with Gasteiger partial charge in [-0.3, -0.25) is 4.79 Å². The molecule has 20 heavy (non-hydrogen) atoms. The monoisotopic (exact) mass is 281 g/mol. The lowest BCUT2D eigenvalue weighted by molar-refractivity contribution is -0.153. The van der Waals surface area contributed by atoms with Crippen molar-refractivity contribution in [2.75, 3.05) is 13.6 Å². The number of nitrogens with zero attached hydrogens (tertiary/aromatic N) is 1. The number of carboxylic acid groups (broad SMARTS) is 1. The molecule has 0 saturated heterocycles. The van der Waals surface area contributed by atoms with Crippen LogP contribution in [-0.4, -0.2) is 35.6 Å². The summed E-state index contributed by atoms with van der Waals surface area (Å²) in [5, 5.41) is 9.75. The molecule has 0 atom stereocenters. The van der Waals surface area contributed by atoms with E-state index in [4.69, 9.17) is 0 Å². The van der Waals surface area contributed by atoms with E-state index in [1.807, 2.05) is 0 Å². The molecule has 0 aliphatic heterocycles. The van der Waals surface area contributed by atoms with E-state index < -0.39 is 11.4 Å². The Balaban J connectivity index is 1.98. The highest BCUT2D eigenvalue weighted by Gasteiger charge is 2.42. The predicted molar refractivity (Wildman–Crippen MR) is 81.8 cm³/mol. The third kappa shape index (κ3) is 3.75. The van der Waals surface area contributed by atoms with E-state index >= 15 is 0 Å². The van der Waals surface area contributed by atoms with Crippen LogP contribution in [0.1, 0.15) is 71.1 Å². The van der Waals surface area contributed by atoms with Crippen molar-refractivity contribution in [3.8, 4) is 0 Å². The van der Waals surface area contributed by atoms with Crippen molar-refractivity contribution in [3.63, 3.8) is 0 Å². The molecule has 2 aliphatic carbocycles. The van der Waals surface area contributed by atoms with Crippen LogP contribution in [0.3, 0.4) is 0 Å². The van der Waals surface area contributed by atoms with Gasteiger partial charge in [0, 0.05) is 12.6 Å². The number of carbonyl (C=O) groups is 1. The van der Waals surface area contributed by atoms with Crippen molar-refractivity contribution in [1.29, 1.82) is 0 Å². The van der Waals surface area contributed by atoms with Gasteiger partial charge in [-0.25, -0.2) is 0 Å². The average Bonchev–Trinajstić information content (AvgIpc) is 2.70. The summed E-state index contributed by atoms with van der Waals surface area (Å²) >= 11 is 0. The number of carboxylic acids is 1. The highest BCUT2D eigenvalue weighted by Crippen LogP contribution is 2.40. The lowest BCUT2D eigenvalue weighted by Crippen LogP contribution is -2.47. The quantitative estimate of drug-likeness (QED) is 0.794.